The van der Waals surface area contributed by atoms with Crippen molar-refractivity contribution in [2.24, 2.45) is 0 Å². The first-order valence-corrected chi connectivity index (χ1v) is 5.62. The molecule has 1 unspecified atom stereocenters. The van der Waals surface area contributed by atoms with Crippen molar-refractivity contribution in [3.8, 4) is 0 Å². The average Bonchev–Trinajstić information content (AvgIpc) is 2.25. The maximum absolute atomic E-state index is 11.1. The van der Waals surface area contributed by atoms with Gasteiger partial charge in [-0.3, -0.25) is 0 Å². The van der Waals surface area contributed by atoms with Crippen LogP contribution in [0.1, 0.15) is 35.7 Å². The molecule has 0 saturated carbocycles. The van der Waals surface area contributed by atoms with Crippen LogP contribution in [-0.2, 0) is 0 Å². The maximum atomic E-state index is 11.1. The van der Waals surface area contributed by atoms with Crippen molar-refractivity contribution in [3.05, 3.63) is 23.4 Å². The van der Waals surface area contributed by atoms with Crippen molar-refractivity contribution in [1.82, 2.24) is 4.98 Å². The number of carbonyl (C=O) groups is 1. The smallest absolute Gasteiger partial charge is 0.339 e. The zero-order chi connectivity index (χ0) is 12.8. The highest BCUT2D eigenvalue weighted by Gasteiger charge is 2.15. The molecule has 0 aliphatic carbocycles. The largest absolute Gasteiger partial charge is 0.478 e. The topological polar surface area (TPSA) is 82.5 Å². The van der Waals surface area contributed by atoms with Gasteiger partial charge in [-0.1, -0.05) is 0 Å². The van der Waals surface area contributed by atoms with Gasteiger partial charge in [-0.15, -0.1) is 0 Å². The molecule has 0 aromatic carbocycles. The summed E-state index contributed by atoms with van der Waals surface area (Å²) in [5.74, 6) is -0.588. The predicted molar refractivity (Wildman–Crippen MR) is 65.3 cm³/mol. The molecule has 0 fully saturated rings. The fourth-order valence-corrected chi connectivity index (χ4v) is 1.64. The van der Waals surface area contributed by atoms with Crippen molar-refractivity contribution < 1.29 is 15.0 Å². The van der Waals surface area contributed by atoms with Crippen LogP contribution < -0.4 is 5.32 Å². The van der Waals surface area contributed by atoms with Crippen molar-refractivity contribution in [1.29, 1.82) is 0 Å². The van der Waals surface area contributed by atoms with Crippen LogP contribution in [0.5, 0.6) is 0 Å². The minimum Gasteiger partial charge on any atom is -0.478 e. The van der Waals surface area contributed by atoms with Crippen LogP contribution in [0, 0.1) is 6.92 Å². The van der Waals surface area contributed by atoms with Gasteiger partial charge >= 0.3 is 5.97 Å². The Hall–Kier alpha value is -1.62. The highest BCUT2D eigenvalue weighted by molar-refractivity contribution is 5.94. The fraction of sp³-hybridized carbons (Fsp3) is 0.500. The van der Waals surface area contributed by atoms with Gasteiger partial charge in [-0.25, -0.2) is 9.78 Å². The van der Waals surface area contributed by atoms with Crippen molar-refractivity contribution in [3.63, 3.8) is 0 Å². The number of carboxylic acid groups (broad SMARTS) is 1. The molecular weight excluding hydrogens is 220 g/mol. The molecule has 1 aromatic rings. The van der Waals surface area contributed by atoms with Crippen LogP contribution >= 0.6 is 0 Å². The second kappa shape index (κ2) is 6.20. The van der Waals surface area contributed by atoms with E-state index in [0.29, 0.717) is 17.8 Å². The Bertz CT molecular complexity index is 393. The van der Waals surface area contributed by atoms with Gasteiger partial charge in [0.2, 0.25) is 0 Å². The molecule has 0 aliphatic heterocycles. The Balaban J connectivity index is 2.83. The summed E-state index contributed by atoms with van der Waals surface area (Å²) in [5, 5.41) is 20.9. The molecule has 5 heteroatoms. The summed E-state index contributed by atoms with van der Waals surface area (Å²) in [5.41, 5.74) is 0.896. The van der Waals surface area contributed by atoms with E-state index >= 15 is 0 Å². The predicted octanol–water partition coefficient (Wildman–Crippen LogP) is 1.66. The number of aromatic nitrogens is 1. The van der Waals surface area contributed by atoms with Crippen LogP contribution in [0.25, 0.3) is 0 Å². The number of hydrogen-bond donors (Lipinski definition) is 3. The Morgan fingerprint density at radius 2 is 2.29 bits per heavy atom. The zero-order valence-electron chi connectivity index (χ0n) is 10.1. The molecule has 1 atom stereocenters. The van der Waals surface area contributed by atoms with Crippen LogP contribution in [0.15, 0.2) is 12.3 Å². The minimum atomic E-state index is -0.979. The van der Waals surface area contributed by atoms with Gasteiger partial charge in [0.25, 0.3) is 0 Å². The highest BCUT2D eigenvalue weighted by atomic mass is 16.4. The number of hydrogen-bond acceptors (Lipinski definition) is 4. The van der Waals surface area contributed by atoms with Gasteiger partial charge in [-0.05, 0) is 38.3 Å². The molecule has 0 aliphatic rings. The molecule has 0 radical (unpaired) electrons. The Morgan fingerprint density at radius 3 is 2.88 bits per heavy atom. The van der Waals surface area contributed by atoms with Crippen LogP contribution in [0.3, 0.4) is 0 Å². The summed E-state index contributed by atoms with van der Waals surface area (Å²) in [6, 6.07) is 1.75. The van der Waals surface area contributed by atoms with Crippen LogP contribution in [0.2, 0.25) is 0 Å². The van der Waals surface area contributed by atoms with E-state index in [-0.39, 0.29) is 18.2 Å². The molecule has 0 spiro atoms. The van der Waals surface area contributed by atoms with E-state index in [1.807, 2.05) is 6.92 Å². The van der Waals surface area contributed by atoms with E-state index in [4.69, 9.17) is 10.2 Å². The van der Waals surface area contributed by atoms with Gasteiger partial charge in [0.15, 0.2) is 0 Å². The Morgan fingerprint density at radius 1 is 1.59 bits per heavy atom. The summed E-state index contributed by atoms with van der Waals surface area (Å²) < 4.78 is 0. The van der Waals surface area contributed by atoms with Gasteiger partial charge in [0, 0.05) is 18.8 Å². The molecule has 0 saturated heterocycles. The molecule has 1 rings (SSSR count). The molecule has 1 heterocycles. The van der Waals surface area contributed by atoms with E-state index in [1.54, 1.807) is 19.2 Å². The first kappa shape index (κ1) is 13.4. The minimum absolute atomic E-state index is 0.0783. The third-order valence-corrected chi connectivity index (χ3v) is 2.55. The SMILES string of the molecule is Cc1ccnc(NC(C)CCCO)c1C(=O)O. The number of pyridine rings is 1. The van der Waals surface area contributed by atoms with Crippen molar-refractivity contribution in [2.75, 3.05) is 11.9 Å². The molecule has 94 valence electrons. The molecule has 0 amide bonds. The first-order valence-electron chi connectivity index (χ1n) is 5.62. The molecule has 5 nitrogen and oxygen atoms in total. The average molecular weight is 238 g/mol. The Kier molecular flexibility index (Phi) is 4.90. The summed E-state index contributed by atoms with van der Waals surface area (Å²) in [7, 11) is 0. The lowest BCUT2D eigenvalue weighted by Gasteiger charge is -2.16. The van der Waals surface area contributed by atoms with Crippen molar-refractivity contribution >= 4 is 11.8 Å². The molecule has 3 N–H and O–H groups in total. The van der Waals surface area contributed by atoms with Gasteiger partial charge in [0.05, 0.1) is 0 Å². The lowest BCUT2D eigenvalue weighted by Crippen LogP contribution is -2.19. The van der Waals surface area contributed by atoms with Gasteiger partial charge in [-0.2, -0.15) is 0 Å². The number of aromatic carboxylic acids is 1. The van der Waals surface area contributed by atoms with Gasteiger partial charge < -0.3 is 15.5 Å². The number of carboxylic acids is 1. The number of aliphatic hydroxyl groups is 1. The van der Waals surface area contributed by atoms with E-state index in [2.05, 4.69) is 10.3 Å². The number of aryl methyl sites for hydroxylation is 1. The monoisotopic (exact) mass is 238 g/mol. The Labute approximate surface area is 101 Å². The third-order valence-electron chi connectivity index (χ3n) is 2.55. The second-order valence-corrected chi connectivity index (χ2v) is 4.07. The van der Waals surface area contributed by atoms with Crippen LogP contribution in [-0.4, -0.2) is 33.8 Å². The molecular formula is C12H18N2O3. The summed E-state index contributed by atoms with van der Waals surface area (Å²) >= 11 is 0. The molecule has 17 heavy (non-hydrogen) atoms. The lowest BCUT2D eigenvalue weighted by molar-refractivity contribution is 0.0696. The third kappa shape index (κ3) is 3.71. The molecule has 1 aromatic heterocycles. The fourth-order valence-electron chi connectivity index (χ4n) is 1.64. The second-order valence-electron chi connectivity index (χ2n) is 4.07. The standard InChI is InChI=1S/C12H18N2O3/c1-8-5-6-13-11(10(8)12(16)17)14-9(2)4-3-7-15/h5-6,9,15H,3-4,7H2,1-2H3,(H,13,14)(H,16,17). The van der Waals surface area contributed by atoms with E-state index in [0.717, 1.165) is 6.42 Å². The van der Waals surface area contributed by atoms with E-state index in [9.17, 15) is 4.79 Å². The number of aliphatic hydroxyl groups excluding tert-OH is 1. The molecule has 0 bridgehead atoms. The maximum Gasteiger partial charge on any atom is 0.339 e. The van der Waals surface area contributed by atoms with Gasteiger partial charge in [0.1, 0.15) is 11.4 Å². The number of nitrogens with zero attached hydrogens (tertiary/aromatic N) is 1. The van der Waals surface area contributed by atoms with E-state index in [1.165, 1.54) is 0 Å². The number of rotatable bonds is 6. The quantitative estimate of drug-likeness (QED) is 0.702. The number of nitrogens with one attached hydrogen (secondary N) is 1. The lowest BCUT2D eigenvalue weighted by atomic mass is 10.1. The first-order chi connectivity index (χ1) is 8.06. The highest BCUT2D eigenvalue weighted by Crippen LogP contribution is 2.18. The summed E-state index contributed by atoms with van der Waals surface area (Å²) in [6.07, 6.45) is 3.04. The normalized spacial score (nSPS) is 12.2. The summed E-state index contributed by atoms with van der Waals surface area (Å²) in [6.45, 7) is 3.82. The van der Waals surface area contributed by atoms with E-state index < -0.39 is 5.97 Å². The van der Waals surface area contributed by atoms with Crippen LogP contribution in [0.4, 0.5) is 5.82 Å². The van der Waals surface area contributed by atoms with Crippen molar-refractivity contribution in [2.45, 2.75) is 32.7 Å². The summed E-state index contributed by atoms with van der Waals surface area (Å²) in [4.78, 5) is 15.2. The zero-order valence-corrected chi connectivity index (χ0v) is 10.1. The number of anilines is 1.